The molecule has 5 heterocycles. The van der Waals surface area contributed by atoms with Gasteiger partial charge in [-0.1, -0.05) is 12.1 Å². The summed E-state index contributed by atoms with van der Waals surface area (Å²) in [5.41, 5.74) is 2.84. The third kappa shape index (κ3) is 4.52. The van der Waals surface area contributed by atoms with Gasteiger partial charge in [-0.15, -0.1) is 16.4 Å². The quantitative estimate of drug-likeness (QED) is 0.428. The summed E-state index contributed by atoms with van der Waals surface area (Å²) < 4.78 is 6.66. The molecule has 0 spiro atoms. The Kier molecular flexibility index (Phi) is 5.94. The van der Waals surface area contributed by atoms with Crippen LogP contribution in [0, 0.1) is 0 Å². The maximum absolute atomic E-state index is 10.8. The van der Waals surface area contributed by atoms with Gasteiger partial charge in [-0.25, -0.2) is 14.8 Å². The zero-order valence-electron chi connectivity index (χ0n) is 19.0. The Morgan fingerprint density at radius 3 is 2.77 bits per heavy atom. The second-order valence-electron chi connectivity index (χ2n) is 8.60. The number of morpholine rings is 1. The highest BCUT2D eigenvalue weighted by molar-refractivity contribution is 7.19. The van der Waals surface area contributed by atoms with Crippen LogP contribution in [0.25, 0.3) is 32.5 Å². The number of benzene rings is 1. The number of hydrogen-bond donors (Lipinski definition) is 2. The molecule has 12 heteroatoms. The molecule has 1 aromatic carbocycles. The highest BCUT2D eigenvalue weighted by atomic mass is 32.1. The minimum atomic E-state index is -1.26. The molecule has 0 aliphatic carbocycles. The lowest BCUT2D eigenvalue weighted by Gasteiger charge is -2.32. The van der Waals surface area contributed by atoms with E-state index in [0.29, 0.717) is 32.1 Å². The molecule has 3 aromatic heterocycles. The number of aromatic nitrogens is 4. The van der Waals surface area contributed by atoms with E-state index in [1.54, 1.807) is 11.3 Å². The van der Waals surface area contributed by atoms with E-state index in [1.165, 1.54) is 9.94 Å². The SMILES string of the molecule is O=C(O)ON1CCN(Cc2cc3nc(-c4cccc5[nH]ncc45)nc(N4CCOCC4)c3s2)CC1. The molecule has 0 unspecified atom stereocenters. The first-order valence-corrected chi connectivity index (χ1v) is 12.4. The lowest BCUT2D eigenvalue weighted by atomic mass is 10.1. The highest BCUT2D eigenvalue weighted by Crippen LogP contribution is 2.36. The summed E-state index contributed by atoms with van der Waals surface area (Å²) in [6.07, 6.45) is 0.554. The molecule has 0 radical (unpaired) electrons. The van der Waals surface area contributed by atoms with Crippen molar-refractivity contribution in [3.05, 3.63) is 35.3 Å². The summed E-state index contributed by atoms with van der Waals surface area (Å²) in [5, 5.41) is 18.5. The van der Waals surface area contributed by atoms with E-state index in [1.807, 2.05) is 24.4 Å². The minimum Gasteiger partial charge on any atom is -0.448 e. The number of rotatable bonds is 5. The fraction of sp³-hybridized carbons (Fsp3) is 0.391. The fourth-order valence-corrected chi connectivity index (χ4v) is 5.78. The number of nitrogens with zero attached hydrogens (tertiary/aromatic N) is 6. The topological polar surface area (TPSA) is 120 Å². The number of anilines is 1. The maximum Gasteiger partial charge on any atom is 0.525 e. The summed E-state index contributed by atoms with van der Waals surface area (Å²) in [6.45, 7) is 6.29. The molecule has 6 rings (SSSR count). The number of nitrogens with one attached hydrogen (secondary N) is 1. The van der Waals surface area contributed by atoms with Crippen LogP contribution in [-0.4, -0.2) is 93.9 Å². The highest BCUT2D eigenvalue weighted by Gasteiger charge is 2.23. The fourth-order valence-electron chi connectivity index (χ4n) is 4.63. The van der Waals surface area contributed by atoms with E-state index in [2.05, 4.69) is 26.1 Å². The zero-order valence-corrected chi connectivity index (χ0v) is 19.8. The molecule has 2 fully saturated rings. The molecule has 2 aliphatic rings. The predicted octanol–water partition coefficient (Wildman–Crippen LogP) is 2.80. The molecule has 11 nitrogen and oxygen atoms in total. The van der Waals surface area contributed by atoms with Gasteiger partial charge in [0.05, 0.1) is 35.1 Å². The Hall–Kier alpha value is -3.32. The summed E-state index contributed by atoms with van der Waals surface area (Å²) in [6, 6.07) is 8.18. The number of thiophene rings is 1. The number of ether oxygens (including phenoxy) is 1. The van der Waals surface area contributed by atoms with Crippen molar-refractivity contribution < 1.29 is 19.5 Å². The van der Waals surface area contributed by atoms with Crippen molar-refractivity contribution in [3.63, 3.8) is 0 Å². The Labute approximate surface area is 204 Å². The first-order valence-electron chi connectivity index (χ1n) is 11.6. The molecular formula is C23H25N7O4S. The lowest BCUT2D eigenvalue weighted by molar-refractivity contribution is -0.140. The van der Waals surface area contributed by atoms with Gasteiger partial charge in [-0.2, -0.15) is 5.10 Å². The van der Waals surface area contributed by atoms with E-state index in [-0.39, 0.29) is 0 Å². The van der Waals surface area contributed by atoms with Crippen LogP contribution >= 0.6 is 11.3 Å². The van der Waals surface area contributed by atoms with Crippen LogP contribution in [-0.2, 0) is 16.1 Å². The van der Waals surface area contributed by atoms with Gasteiger partial charge in [0.2, 0.25) is 0 Å². The lowest BCUT2D eigenvalue weighted by Crippen LogP contribution is -2.46. The Morgan fingerprint density at radius 2 is 1.97 bits per heavy atom. The second kappa shape index (κ2) is 9.38. The zero-order chi connectivity index (χ0) is 23.8. The molecule has 35 heavy (non-hydrogen) atoms. The average molecular weight is 496 g/mol. The van der Waals surface area contributed by atoms with Crippen LogP contribution in [0.4, 0.5) is 10.6 Å². The first-order chi connectivity index (χ1) is 17.1. The molecule has 0 bridgehead atoms. The predicted molar refractivity (Wildman–Crippen MR) is 131 cm³/mol. The van der Waals surface area contributed by atoms with Gasteiger partial charge in [-0.3, -0.25) is 10.00 Å². The Bertz CT molecular complexity index is 1360. The minimum absolute atomic E-state index is 0.550. The van der Waals surface area contributed by atoms with E-state index in [0.717, 1.165) is 65.2 Å². The van der Waals surface area contributed by atoms with Crippen molar-refractivity contribution in [1.29, 1.82) is 0 Å². The van der Waals surface area contributed by atoms with Crippen LogP contribution in [0.3, 0.4) is 0 Å². The van der Waals surface area contributed by atoms with Crippen LogP contribution in [0.1, 0.15) is 4.88 Å². The van der Waals surface area contributed by atoms with Gasteiger partial charge in [0.25, 0.3) is 0 Å². The summed E-state index contributed by atoms with van der Waals surface area (Å²) >= 11 is 1.73. The second-order valence-corrected chi connectivity index (χ2v) is 9.73. The normalized spacial score (nSPS) is 17.9. The van der Waals surface area contributed by atoms with Gasteiger partial charge in [0.1, 0.15) is 0 Å². The average Bonchev–Trinajstić information content (AvgIpc) is 3.51. The largest absolute Gasteiger partial charge is 0.525 e. The number of piperazine rings is 1. The number of carboxylic acid groups (broad SMARTS) is 1. The summed E-state index contributed by atoms with van der Waals surface area (Å²) in [4.78, 5) is 31.4. The van der Waals surface area contributed by atoms with Crippen LogP contribution < -0.4 is 4.90 Å². The smallest absolute Gasteiger partial charge is 0.448 e. The number of carbonyl (C=O) groups is 1. The molecule has 2 N–H and O–H groups in total. The molecule has 0 saturated carbocycles. The van der Waals surface area contributed by atoms with Crippen molar-refractivity contribution in [2.24, 2.45) is 0 Å². The van der Waals surface area contributed by atoms with Crippen molar-refractivity contribution >= 4 is 44.4 Å². The number of fused-ring (bicyclic) bond motifs is 2. The Morgan fingerprint density at radius 1 is 1.14 bits per heavy atom. The van der Waals surface area contributed by atoms with Crippen LogP contribution in [0.2, 0.25) is 0 Å². The molecule has 4 aromatic rings. The van der Waals surface area contributed by atoms with E-state index < -0.39 is 6.16 Å². The number of aromatic amines is 1. The summed E-state index contributed by atoms with van der Waals surface area (Å²) in [5.74, 6) is 1.64. The van der Waals surface area contributed by atoms with E-state index in [4.69, 9.17) is 24.6 Å². The third-order valence-corrected chi connectivity index (χ3v) is 7.46. The molecule has 0 amide bonds. The Balaban J connectivity index is 1.33. The van der Waals surface area contributed by atoms with Crippen molar-refractivity contribution in [3.8, 4) is 11.4 Å². The monoisotopic (exact) mass is 495 g/mol. The van der Waals surface area contributed by atoms with Gasteiger partial charge >= 0.3 is 6.16 Å². The van der Waals surface area contributed by atoms with Crippen molar-refractivity contribution in [1.82, 2.24) is 30.1 Å². The molecule has 2 aliphatic heterocycles. The standard InChI is InChI=1S/C23H25N7O4S/c31-23(32)34-30-6-4-28(5-7-30)14-15-12-19-20(35-15)22(29-8-10-33-11-9-29)26-21(25-19)16-2-1-3-18-17(16)13-24-27-18/h1-3,12-13H,4-11,14H2,(H,24,27)(H,31,32). The van der Waals surface area contributed by atoms with Gasteiger partial charge in [0.15, 0.2) is 11.6 Å². The number of hydroxylamine groups is 2. The van der Waals surface area contributed by atoms with Crippen LogP contribution in [0.15, 0.2) is 30.5 Å². The number of H-pyrrole nitrogens is 1. The number of hydrogen-bond acceptors (Lipinski definition) is 10. The van der Waals surface area contributed by atoms with Gasteiger partial charge < -0.3 is 19.6 Å². The van der Waals surface area contributed by atoms with Crippen molar-refractivity contribution in [2.45, 2.75) is 6.54 Å². The van der Waals surface area contributed by atoms with E-state index in [9.17, 15) is 4.79 Å². The third-order valence-electron chi connectivity index (χ3n) is 6.36. The van der Waals surface area contributed by atoms with E-state index >= 15 is 0 Å². The van der Waals surface area contributed by atoms with Crippen LogP contribution in [0.5, 0.6) is 0 Å². The molecular weight excluding hydrogens is 470 g/mol. The molecule has 0 atom stereocenters. The molecule has 182 valence electrons. The van der Waals surface area contributed by atoms with Gasteiger partial charge in [0, 0.05) is 61.6 Å². The molecule has 2 saturated heterocycles. The van der Waals surface area contributed by atoms with Crippen molar-refractivity contribution in [2.75, 3.05) is 57.4 Å². The maximum atomic E-state index is 10.8. The summed E-state index contributed by atoms with van der Waals surface area (Å²) in [7, 11) is 0. The van der Waals surface area contributed by atoms with Gasteiger partial charge in [-0.05, 0) is 12.1 Å². The first kappa shape index (κ1) is 22.2.